The number of hydrogen-bond acceptors (Lipinski definition) is 8. The molecule has 0 aliphatic rings. The van der Waals surface area contributed by atoms with Gasteiger partial charge in [-0.15, -0.1) is 0 Å². The van der Waals surface area contributed by atoms with E-state index in [9.17, 15) is 18.0 Å². The topological polar surface area (TPSA) is 143 Å². The van der Waals surface area contributed by atoms with Crippen LogP contribution in [0.5, 0.6) is 0 Å². The number of anilines is 2. The molecule has 0 saturated carbocycles. The normalized spacial score (nSPS) is 12.4. The average Bonchev–Trinajstić information content (AvgIpc) is 2.73. The fourth-order valence-electron chi connectivity index (χ4n) is 3.07. The molecule has 0 bridgehead atoms. The molecule has 176 valence electrons. The highest BCUT2D eigenvalue weighted by Gasteiger charge is 2.23. The van der Waals surface area contributed by atoms with Crippen molar-refractivity contribution < 1.29 is 18.0 Å². The molecule has 34 heavy (non-hydrogen) atoms. The molecule has 3 aromatic rings. The first-order valence-corrected chi connectivity index (χ1v) is 11.7. The molecule has 1 amide bonds. The van der Waals surface area contributed by atoms with E-state index >= 15 is 0 Å². The van der Waals surface area contributed by atoms with Crippen LogP contribution in [0.2, 0.25) is 0 Å². The van der Waals surface area contributed by atoms with Crippen LogP contribution in [0.3, 0.4) is 0 Å². The summed E-state index contributed by atoms with van der Waals surface area (Å²) < 4.78 is 27.4. The molecule has 0 radical (unpaired) electrons. The molecule has 1 heterocycles. The van der Waals surface area contributed by atoms with Gasteiger partial charge in [0.25, 0.3) is 15.9 Å². The van der Waals surface area contributed by atoms with E-state index < -0.39 is 27.8 Å². The molecular weight excluding hydrogens is 456 g/mol. The highest BCUT2D eigenvalue weighted by molar-refractivity contribution is 7.92. The van der Waals surface area contributed by atoms with Crippen LogP contribution in [0.1, 0.15) is 23.7 Å². The van der Waals surface area contributed by atoms with Crippen LogP contribution in [0.4, 0.5) is 17.3 Å². The predicted molar refractivity (Wildman–Crippen MR) is 128 cm³/mol. The summed E-state index contributed by atoms with van der Waals surface area (Å²) in [5.74, 6) is -1.13. The van der Waals surface area contributed by atoms with E-state index in [0.717, 1.165) is 11.1 Å². The Morgan fingerprint density at radius 2 is 1.62 bits per heavy atom. The summed E-state index contributed by atoms with van der Waals surface area (Å²) in [6.07, 6.45) is 1.45. The van der Waals surface area contributed by atoms with E-state index in [1.54, 1.807) is 25.1 Å². The van der Waals surface area contributed by atoms with Gasteiger partial charge < -0.3 is 5.32 Å². The molecule has 2 N–H and O–H groups in total. The minimum atomic E-state index is -3.91. The monoisotopic (exact) mass is 480 g/mol. The van der Waals surface area contributed by atoms with Crippen molar-refractivity contribution in [1.29, 1.82) is 0 Å². The molecule has 2 aromatic carbocycles. The van der Waals surface area contributed by atoms with Crippen molar-refractivity contribution in [3.63, 3.8) is 0 Å². The van der Waals surface area contributed by atoms with Crippen LogP contribution < -0.4 is 10.0 Å². The fourth-order valence-corrected chi connectivity index (χ4v) is 4.02. The van der Waals surface area contributed by atoms with Gasteiger partial charge >= 0.3 is 0 Å². The number of carbonyl (C=O) groups is 2. The summed E-state index contributed by atoms with van der Waals surface area (Å²) in [7, 11) is -3.91. The number of aryl methyl sites for hydroxylation is 3. The van der Waals surface area contributed by atoms with E-state index in [-0.39, 0.29) is 16.5 Å². The Bertz CT molecular complexity index is 1330. The zero-order valence-corrected chi connectivity index (χ0v) is 19.9. The van der Waals surface area contributed by atoms with Crippen LogP contribution in [-0.2, 0) is 19.6 Å². The first-order valence-electron chi connectivity index (χ1n) is 10.3. The van der Waals surface area contributed by atoms with Crippen LogP contribution in [0.15, 0.2) is 69.9 Å². The van der Waals surface area contributed by atoms with Crippen molar-refractivity contribution in [2.24, 2.45) is 10.2 Å². The summed E-state index contributed by atoms with van der Waals surface area (Å²) in [6, 6.07) is 11.3. The van der Waals surface area contributed by atoms with Crippen molar-refractivity contribution in [1.82, 2.24) is 9.97 Å². The largest absolute Gasteiger partial charge is 0.324 e. The van der Waals surface area contributed by atoms with Gasteiger partial charge in [0.05, 0.1) is 10.6 Å². The Labute approximate surface area is 197 Å². The second kappa shape index (κ2) is 10.3. The van der Waals surface area contributed by atoms with Crippen LogP contribution >= 0.6 is 0 Å². The number of rotatable bonds is 8. The number of Topliss-reactive ketones (excluding diaryl/α,β-unsaturated/α-hetero) is 1. The Morgan fingerprint density at radius 3 is 2.21 bits per heavy atom. The van der Waals surface area contributed by atoms with Crippen molar-refractivity contribution in [3.8, 4) is 0 Å². The molecule has 1 aromatic heterocycles. The van der Waals surface area contributed by atoms with Gasteiger partial charge in [-0.2, -0.15) is 10.2 Å². The highest BCUT2D eigenvalue weighted by Crippen LogP contribution is 2.20. The number of nitrogens with zero attached hydrogens (tertiary/aromatic N) is 4. The SMILES string of the molecule is CC(=O)C(N=Nc1ccc(S(=O)(=O)Nc2nccc(C)n2)cc1)C(=O)Nc1cc(C)cc(C)c1. The zero-order chi connectivity index (χ0) is 24.9. The maximum atomic E-state index is 12.6. The van der Waals surface area contributed by atoms with Gasteiger partial charge in [-0.05, 0) is 81.3 Å². The number of nitrogens with one attached hydrogen (secondary N) is 2. The standard InChI is InChI=1S/C23H24N6O4S/c1-14-11-15(2)13-19(12-14)26-22(31)21(17(4)30)28-27-18-5-7-20(8-6-18)34(32,33)29-23-24-10-9-16(3)25-23/h5-13,21H,1-4H3,(H,26,31)(H,24,25,29). The first-order chi connectivity index (χ1) is 16.0. The second-order valence-electron chi connectivity index (χ2n) is 7.72. The van der Waals surface area contributed by atoms with Crippen molar-refractivity contribution in [2.75, 3.05) is 10.0 Å². The molecule has 0 aliphatic heterocycles. The van der Waals surface area contributed by atoms with Gasteiger partial charge in [-0.1, -0.05) is 6.07 Å². The summed E-state index contributed by atoms with van der Waals surface area (Å²) in [5.41, 5.74) is 3.38. The van der Waals surface area contributed by atoms with E-state index in [2.05, 4.69) is 30.2 Å². The van der Waals surface area contributed by atoms with Gasteiger partial charge in [0.2, 0.25) is 12.0 Å². The smallest absolute Gasteiger partial charge is 0.264 e. The number of hydrogen-bond donors (Lipinski definition) is 2. The van der Waals surface area contributed by atoms with Gasteiger partial charge in [-0.25, -0.2) is 23.1 Å². The van der Waals surface area contributed by atoms with Crippen LogP contribution in [0, 0.1) is 20.8 Å². The van der Waals surface area contributed by atoms with Crippen molar-refractivity contribution >= 4 is 39.0 Å². The molecule has 0 spiro atoms. The third-order valence-electron chi connectivity index (χ3n) is 4.58. The minimum absolute atomic E-state index is 0.0350. The second-order valence-corrected chi connectivity index (χ2v) is 9.40. The van der Waals surface area contributed by atoms with E-state index in [1.807, 2.05) is 19.9 Å². The van der Waals surface area contributed by atoms with Gasteiger partial charge in [0.15, 0.2) is 5.78 Å². The minimum Gasteiger partial charge on any atom is -0.324 e. The van der Waals surface area contributed by atoms with E-state index in [1.165, 1.54) is 37.4 Å². The predicted octanol–water partition coefficient (Wildman–Crippen LogP) is 3.88. The maximum absolute atomic E-state index is 12.6. The number of benzene rings is 2. The lowest BCUT2D eigenvalue weighted by Crippen LogP contribution is -2.31. The number of ketones is 1. The molecule has 10 nitrogen and oxygen atoms in total. The van der Waals surface area contributed by atoms with E-state index in [0.29, 0.717) is 11.4 Å². The Balaban J connectivity index is 1.72. The van der Waals surface area contributed by atoms with Gasteiger partial charge in [0.1, 0.15) is 0 Å². The summed E-state index contributed by atoms with van der Waals surface area (Å²) in [6.45, 7) is 6.77. The third kappa shape index (κ3) is 6.51. The number of sulfonamides is 1. The molecular formula is C23H24N6O4S. The van der Waals surface area contributed by atoms with Crippen LogP contribution in [0.25, 0.3) is 0 Å². The maximum Gasteiger partial charge on any atom is 0.264 e. The highest BCUT2D eigenvalue weighted by atomic mass is 32.2. The molecule has 1 unspecified atom stereocenters. The molecule has 11 heteroatoms. The lowest BCUT2D eigenvalue weighted by molar-refractivity contribution is -0.126. The van der Waals surface area contributed by atoms with E-state index in [4.69, 9.17) is 0 Å². The molecule has 0 fully saturated rings. The Morgan fingerprint density at radius 1 is 0.971 bits per heavy atom. The fraction of sp³-hybridized carbons (Fsp3) is 0.217. The third-order valence-corrected chi connectivity index (χ3v) is 5.92. The quantitative estimate of drug-likeness (QED) is 0.370. The molecule has 3 rings (SSSR count). The summed E-state index contributed by atoms with van der Waals surface area (Å²) in [5, 5.41) is 10.5. The van der Waals surface area contributed by atoms with Gasteiger partial charge in [0, 0.05) is 17.6 Å². The zero-order valence-electron chi connectivity index (χ0n) is 19.1. The molecule has 0 aliphatic carbocycles. The lowest BCUT2D eigenvalue weighted by atomic mass is 10.1. The van der Waals surface area contributed by atoms with Crippen molar-refractivity contribution in [3.05, 3.63) is 71.5 Å². The van der Waals surface area contributed by atoms with Crippen LogP contribution in [-0.4, -0.2) is 36.1 Å². The summed E-state index contributed by atoms with van der Waals surface area (Å²) in [4.78, 5) is 32.5. The number of amides is 1. The number of aromatic nitrogens is 2. The average molecular weight is 481 g/mol. The first kappa shape index (κ1) is 24.6. The number of carbonyl (C=O) groups excluding carboxylic acids is 2. The molecule has 1 atom stereocenters. The summed E-state index contributed by atoms with van der Waals surface area (Å²) >= 11 is 0. The van der Waals surface area contributed by atoms with Crippen molar-refractivity contribution in [2.45, 2.75) is 38.6 Å². The number of azo groups is 1. The van der Waals surface area contributed by atoms with Gasteiger partial charge in [-0.3, -0.25) is 9.59 Å². The molecule has 0 saturated heterocycles. The Kier molecular flexibility index (Phi) is 7.47. The Hall–Kier alpha value is -3.99. The lowest BCUT2D eigenvalue weighted by Gasteiger charge is -2.11.